The van der Waals surface area contributed by atoms with E-state index in [4.69, 9.17) is 4.74 Å². The number of rotatable bonds is 3. The summed E-state index contributed by atoms with van der Waals surface area (Å²) in [6.45, 7) is 0. The van der Waals surface area contributed by atoms with E-state index in [2.05, 4.69) is 5.10 Å². The van der Waals surface area contributed by atoms with Gasteiger partial charge in [-0.15, -0.1) is 0 Å². The molecule has 0 saturated heterocycles. The standard InChI is InChI=1S/C13H20N2O2/c1-15-12(17-2)7-11(14-15)13(16)10-6-8-3-4-9(10)5-8/h7-10,13,16H,3-6H2,1-2H3. The van der Waals surface area contributed by atoms with Gasteiger partial charge in [0.1, 0.15) is 6.10 Å². The van der Waals surface area contributed by atoms with Gasteiger partial charge in [-0.25, -0.2) is 4.68 Å². The molecule has 0 aromatic carbocycles. The van der Waals surface area contributed by atoms with Crippen molar-refractivity contribution in [2.75, 3.05) is 7.11 Å². The number of fused-ring (bicyclic) bond motifs is 2. The van der Waals surface area contributed by atoms with E-state index >= 15 is 0 Å². The number of aryl methyl sites for hydroxylation is 1. The largest absolute Gasteiger partial charge is 0.481 e. The van der Waals surface area contributed by atoms with Crippen molar-refractivity contribution in [2.24, 2.45) is 24.8 Å². The third-order valence-electron chi connectivity index (χ3n) is 4.57. The van der Waals surface area contributed by atoms with Crippen LogP contribution in [0.25, 0.3) is 0 Å². The fourth-order valence-corrected chi connectivity index (χ4v) is 3.71. The second kappa shape index (κ2) is 4.02. The quantitative estimate of drug-likeness (QED) is 0.872. The van der Waals surface area contributed by atoms with Gasteiger partial charge in [-0.3, -0.25) is 0 Å². The van der Waals surface area contributed by atoms with Gasteiger partial charge in [0.25, 0.3) is 0 Å². The van der Waals surface area contributed by atoms with Gasteiger partial charge in [0.05, 0.1) is 12.8 Å². The zero-order valence-corrected chi connectivity index (χ0v) is 10.5. The van der Waals surface area contributed by atoms with Crippen LogP contribution >= 0.6 is 0 Å². The van der Waals surface area contributed by atoms with Crippen LogP contribution in [0.1, 0.15) is 37.5 Å². The van der Waals surface area contributed by atoms with E-state index in [9.17, 15) is 5.11 Å². The summed E-state index contributed by atoms with van der Waals surface area (Å²) in [7, 11) is 3.47. The molecule has 1 heterocycles. The number of nitrogens with zero attached hydrogens (tertiary/aromatic N) is 2. The van der Waals surface area contributed by atoms with Gasteiger partial charge in [0.15, 0.2) is 0 Å². The molecule has 4 unspecified atom stereocenters. The lowest BCUT2D eigenvalue weighted by molar-refractivity contribution is 0.0705. The first-order valence-corrected chi connectivity index (χ1v) is 6.45. The van der Waals surface area contributed by atoms with E-state index in [1.54, 1.807) is 11.8 Å². The first kappa shape index (κ1) is 11.1. The summed E-state index contributed by atoms with van der Waals surface area (Å²) in [6.07, 6.45) is 4.71. The van der Waals surface area contributed by atoms with Crippen molar-refractivity contribution in [3.05, 3.63) is 11.8 Å². The molecule has 1 aromatic rings. The number of aromatic nitrogens is 2. The molecule has 94 valence electrons. The average Bonchev–Trinajstić information content (AvgIpc) is 3.01. The van der Waals surface area contributed by atoms with Crippen molar-refractivity contribution < 1.29 is 9.84 Å². The number of aliphatic hydroxyl groups excluding tert-OH is 1. The predicted octanol–water partition coefficient (Wildman–Crippen LogP) is 1.90. The highest BCUT2D eigenvalue weighted by Gasteiger charge is 2.43. The number of hydrogen-bond donors (Lipinski definition) is 1. The number of methoxy groups -OCH3 is 1. The minimum Gasteiger partial charge on any atom is -0.481 e. The lowest BCUT2D eigenvalue weighted by Crippen LogP contribution is -2.19. The van der Waals surface area contributed by atoms with Crippen molar-refractivity contribution in [1.29, 1.82) is 0 Å². The Morgan fingerprint density at radius 2 is 2.29 bits per heavy atom. The molecular weight excluding hydrogens is 216 g/mol. The maximum absolute atomic E-state index is 10.4. The molecule has 0 radical (unpaired) electrons. The highest BCUT2D eigenvalue weighted by atomic mass is 16.5. The Labute approximate surface area is 102 Å². The molecule has 3 rings (SSSR count). The molecule has 1 aromatic heterocycles. The Bertz CT molecular complexity index is 416. The fourth-order valence-electron chi connectivity index (χ4n) is 3.71. The summed E-state index contributed by atoms with van der Waals surface area (Å²) in [5, 5.41) is 14.8. The van der Waals surface area contributed by atoms with E-state index in [0.717, 1.165) is 11.6 Å². The topological polar surface area (TPSA) is 47.3 Å². The second-order valence-electron chi connectivity index (χ2n) is 5.52. The molecule has 4 heteroatoms. The maximum Gasteiger partial charge on any atom is 0.211 e. The van der Waals surface area contributed by atoms with Crippen LogP contribution in [0.2, 0.25) is 0 Å². The van der Waals surface area contributed by atoms with Crippen LogP contribution in [-0.2, 0) is 7.05 Å². The second-order valence-corrected chi connectivity index (χ2v) is 5.52. The van der Waals surface area contributed by atoms with Gasteiger partial charge in [-0.1, -0.05) is 6.42 Å². The molecule has 0 spiro atoms. The highest BCUT2D eigenvalue weighted by molar-refractivity contribution is 5.19. The van der Waals surface area contributed by atoms with Gasteiger partial charge < -0.3 is 9.84 Å². The van der Waals surface area contributed by atoms with E-state index in [-0.39, 0.29) is 0 Å². The van der Waals surface area contributed by atoms with Crippen LogP contribution in [0.4, 0.5) is 0 Å². The lowest BCUT2D eigenvalue weighted by Gasteiger charge is -2.25. The molecule has 4 atom stereocenters. The molecule has 2 bridgehead atoms. The summed E-state index contributed by atoms with van der Waals surface area (Å²) in [4.78, 5) is 0. The van der Waals surface area contributed by atoms with E-state index < -0.39 is 6.10 Å². The molecule has 17 heavy (non-hydrogen) atoms. The summed E-state index contributed by atoms with van der Waals surface area (Å²) < 4.78 is 6.88. The summed E-state index contributed by atoms with van der Waals surface area (Å²) in [5.74, 6) is 2.68. The molecular formula is C13H20N2O2. The maximum atomic E-state index is 10.4. The van der Waals surface area contributed by atoms with Gasteiger partial charge in [0, 0.05) is 13.1 Å². The van der Waals surface area contributed by atoms with Crippen molar-refractivity contribution in [1.82, 2.24) is 9.78 Å². The summed E-state index contributed by atoms with van der Waals surface area (Å²) in [5.41, 5.74) is 0.766. The Hall–Kier alpha value is -1.03. The Balaban J connectivity index is 1.79. The summed E-state index contributed by atoms with van der Waals surface area (Å²) in [6, 6.07) is 1.86. The molecule has 4 nitrogen and oxygen atoms in total. The first-order valence-electron chi connectivity index (χ1n) is 6.45. The molecule has 2 fully saturated rings. The Morgan fingerprint density at radius 3 is 2.82 bits per heavy atom. The zero-order valence-electron chi connectivity index (χ0n) is 10.5. The van der Waals surface area contributed by atoms with Crippen molar-refractivity contribution in [2.45, 2.75) is 31.8 Å². The highest BCUT2D eigenvalue weighted by Crippen LogP contribution is 2.52. The van der Waals surface area contributed by atoms with Crippen LogP contribution in [-0.4, -0.2) is 22.0 Å². The number of ether oxygens (including phenoxy) is 1. The normalized spacial score (nSPS) is 33.0. The molecule has 2 saturated carbocycles. The minimum absolute atomic E-state index is 0.411. The number of aliphatic hydroxyl groups is 1. The molecule has 2 aliphatic rings. The zero-order chi connectivity index (χ0) is 12.0. The molecule has 1 N–H and O–H groups in total. The third-order valence-corrected chi connectivity index (χ3v) is 4.57. The van der Waals surface area contributed by atoms with Crippen LogP contribution < -0.4 is 4.74 Å². The monoisotopic (exact) mass is 236 g/mol. The van der Waals surface area contributed by atoms with E-state index in [0.29, 0.717) is 17.7 Å². The summed E-state index contributed by atoms with van der Waals surface area (Å²) >= 11 is 0. The molecule has 0 aliphatic heterocycles. The van der Waals surface area contributed by atoms with Crippen LogP contribution in [0.3, 0.4) is 0 Å². The van der Waals surface area contributed by atoms with E-state index in [1.165, 1.54) is 25.7 Å². The van der Waals surface area contributed by atoms with Crippen molar-refractivity contribution in [3.63, 3.8) is 0 Å². The van der Waals surface area contributed by atoms with Crippen LogP contribution in [0.15, 0.2) is 6.07 Å². The predicted molar refractivity (Wildman–Crippen MR) is 63.7 cm³/mol. The third kappa shape index (κ3) is 1.75. The smallest absolute Gasteiger partial charge is 0.211 e. The minimum atomic E-state index is -0.416. The van der Waals surface area contributed by atoms with Crippen molar-refractivity contribution in [3.8, 4) is 5.88 Å². The SMILES string of the molecule is COc1cc(C(O)C2CC3CCC2C3)nn1C. The van der Waals surface area contributed by atoms with Crippen LogP contribution in [0.5, 0.6) is 5.88 Å². The number of hydrogen-bond acceptors (Lipinski definition) is 3. The first-order chi connectivity index (χ1) is 8.19. The fraction of sp³-hybridized carbons (Fsp3) is 0.769. The van der Waals surface area contributed by atoms with Gasteiger partial charge >= 0.3 is 0 Å². The Kier molecular flexibility index (Phi) is 2.62. The van der Waals surface area contributed by atoms with Crippen LogP contribution in [0, 0.1) is 17.8 Å². The average molecular weight is 236 g/mol. The van der Waals surface area contributed by atoms with Gasteiger partial charge in [-0.05, 0) is 37.0 Å². The molecule has 2 aliphatic carbocycles. The molecule has 0 amide bonds. The van der Waals surface area contributed by atoms with Gasteiger partial charge in [-0.2, -0.15) is 5.10 Å². The Morgan fingerprint density at radius 1 is 1.47 bits per heavy atom. The van der Waals surface area contributed by atoms with Crippen molar-refractivity contribution >= 4 is 0 Å². The lowest BCUT2D eigenvalue weighted by atomic mass is 9.83. The van der Waals surface area contributed by atoms with E-state index in [1.807, 2.05) is 13.1 Å². The van der Waals surface area contributed by atoms with Gasteiger partial charge in [0.2, 0.25) is 5.88 Å².